The molecular formula is C20H20N2O5S. The summed E-state index contributed by atoms with van der Waals surface area (Å²) < 4.78 is 12.1. The van der Waals surface area contributed by atoms with Gasteiger partial charge in [0.05, 0.1) is 35.6 Å². The van der Waals surface area contributed by atoms with Gasteiger partial charge in [0.1, 0.15) is 6.61 Å². The molecule has 0 spiro atoms. The number of amides is 1. The largest absolute Gasteiger partial charge is 0.463 e. The Hall–Kier alpha value is -3.00. The summed E-state index contributed by atoms with van der Waals surface area (Å²) in [6, 6.07) is 10.9. The van der Waals surface area contributed by atoms with Crippen LogP contribution >= 0.6 is 11.8 Å². The molecule has 0 unspecified atom stereocenters. The molecule has 28 heavy (non-hydrogen) atoms. The molecular weight excluding hydrogens is 380 g/mol. The molecule has 2 heterocycles. The lowest BCUT2D eigenvalue weighted by Gasteiger charge is -2.17. The van der Waals surface area contributed by atoms with Crippen LogP contribution in [0.25, 0.3) is 5.69 Å². The molecule has 0 saturated carbocycles. The number of carbonyl (C=O) groups is 3. The normalized spacial score (nSPS) is 15.1. The van der Waals surface area contributed by atoms with Crippen LogP contribution in [0.15, 0.2) is 59.9 Å². The summed E-state index contributed by atoms with van der Waals surface area (Å²) in [7, 11) is 0. The van der Waals surface area contributed by atoms with Gasteiger partial charge in [0.15, 0.2) is 0 Å². The highest BCUT2D eigenvalue weighted by Gasteiger charge is 2.27. The summed E-state index contributed by atoms with van der Waals surface area (Å²) in [5.74, 6) is -0.850. The molecule has 8 heteroatoms. The van der Waals surface area contributed by atoms with Gasteiger partial charge >= 0.3 is 11.9 Å². The van der Waals surface area contributed by atoms with Crippen molar-refractivity contribution < 1.29 is 23.9 Å². The van der Waals surface area contributed by atoms with E-state index in [0.717, 1.165) is 5.69 Å². The summed E-state index contributed by atoms with van der Waals surface area (Å²) in [5, 5.41) is 0.508. The van der Waals surface area contributed by atoms with Crippen LogP contribution in [0.5, 0.6) is 0 Å². The fourth-order valence-corrected chi connectivity index (χ4v) is 3.62. The number of hydrogen-bond acceptors (Lipinski definition) is 6. The molecule has 1 aromatic heterocycles. The van der Waals surface area contributed by atoms with Gasteiger partial charge in [-0.15, -0.1) is 0 Å². The van der Waals surface area contributed by atoms with Crippen LogP contribution in [-0.2, 0) is 19.1 Å². The molecule has 1 fully saturated rings. The minimum absolute atomic E-state index is 0.0268. The molecule has 7 nitrogen and oxygen atoms in total. The first-order chi connectivity index (χ1) is 13.6. The van der Waals surface area contributed by atoms with Gasteiger partial charge in [-0.1, -0.05) is 17.8 Å². The van der Waals surface area contributed by atoms with Gasteiger partial charge in [-0.2, -0.15) is 0 Å². The monoisotopic (exact) mass is 400 g/mol. The highest BCUT2D eigenvalue weighted by molar-refractivity contribution is 8.04. The summed E-state index contributed by atoms with van der Waals surface area (Å²) >= 11 is 1.26. The second-order valence-corrected chi connectivity index (χ2v) is 6.84. The number of benzene rings is 1. The van der Waals surface area contributed by atoms with Crippen molar-refractivity contribution >= 4 is 29.6 Å². The van der Waals surface area contributed by atoms with Crippen LogP contribution in [-0.4, -0.2) is 52.8 Å². The Morgan fingerprint density at radius 1 is 1.18 bits per heavy atom. The Balaban J connectivity index is 1.58. The van der Waals surface area contributed by atoms with E-state index in [2.05, 4.69) is 0 Å². The van der Waals surface area contributed by atoms with Crippen LogP contribution in [0.4, 0.5) is 0 Å². The standard InChI is InChI=1S/C20H20N2O5S/c1-2-26-19(24)13-18-22(17(23)14-28-18)10-11-27-20(25)15-6-5-7-16(12-15)21-8-3-4-9-21/h3-9,12-13H,2,10-11,14H2,1H3/b18-13-. The Morgan fingerprint density at radius 2 is 1.96 bits per heavy atom. The third kappa shape index (κ3) is 4.83. The van der Waals surface area contributed by atoms with Gasteiger partial charge in [0.2, 0.25) is 5.91 Å². The van der Waals surface area contributed by atoms with Gasteiger partial charge < -0.3 is 18.9 Å². The second kappa shape index (κ2) is 9.27. The molecule has 146 valence electrons. The SMILES string of the molecule is CCOC(=O)/C=C1\SCC(=O)N1CCOC(=O)c1cccc(-n2cccc2)c1. The Kier molecular flexibility index (Phi) is 6.54. The first-order valence-electron chi connectivity index (χ1n) is 8.80. The highest BCUT2D eigenvalue weighted by atomic mass is 32.2. The van der Waals surface area contributed by atoms with Crippen molar-refractivity contribution in [2.45, 2.75) is 6.92 Å². The topological polar surface area (TPSA) is 77.8 Å². The number of aromatic nitrogens is 1. The number of ether oxygens (including phenoxy) is 2. The second-order valence-electron chi connectivity index (χ2n) is 5.85. The predicted molar refractivity (Wildman–Crippen MR) is 105 cm³/mol. The van der Waals surface area contributed by atoms with E-state index in [-0.39, 0.29) is 31.4 Å². The average molecular weight is 400 g/mol. The molecule has 0 atom stereocenters. The van der Waals surface area contributed by atoms with Crippen LogP contribution in [0.3, 0.4) is 0 Å². The summed E-state index contributed by atoms with van der Waals surface area (Å²) in [4.78, 5) is 37.4. The molecule has 3 rings (SSSR count). The number of nitrogens with zero attached hydrogens (tertiary/aromatic N) is 2. The Morgan fingerprint density at radius 3 is 2.71 bits per heavy atom. The van der Waals surface area contributed by atoms with Crippen molar-refractivity contribution in [3.05, 3.63) is 65.5 Å². The van der Waals surface area contributed by atoms with Crippen molar-refractivity contribution in [1.82, 2.24) is 9.47 Å². The van der Waals surface area contributed by atoms with Crippen LogP contribution in [0.1, 0.15) is 17.3 Å². The van der Waals surface area contributed by atoms with E-state index >= 15 is 0 Å². The lowest BCUT2D eigenvalue weighted by atomic mass is 10.2. The lowest BCUT2D eigenvalue weighted by Crippen LogP contribution is -2.29. The fourth-order valence-electron chi connectivity index (χ4n) is 2.67. The van der Waals surface area contributed by atoms with Crippen LogP contribution < -0.4 is 0 Å². The first-order valence-corrected chi connectivity index (χ1v) is 9.79. The molecule has 1 saturated heterocycles. The number of thioether (sulfide) groups is 1. The molecule has 1 amide bonds. The predicted octanol–water partition coefficient (Wildman–Crippen LogP) is 2.61. The number of esters is 2. The van der Waals surface area contributed by atoms with E-state index in [4.69, 9.17) is 9.47 Å². The lowest BCUT2D eigenvalue weighted by molar-refractivity contribution is -0.137. The molecule has 1 aliphatic heterocycles. The Bertz CT molecular complexity index is 892. The number of carbonyl (C=O) groups excluding carboxylic acids is 3. The van der Waals surface area contributed by atoms with E-state index in [9.17, 15) is 14.4 Å². The summed E-state index contributed by atoms with van der Waals surface area (Å²) in [6.45, 7) is 2.19. The van der Waals surface area contributed by atoms with E-state index < -0.39 is 11.9 Å². The van der Waals surface area contributed by atoms with Gasteiger partial charge in [-0.25, -0.2) is 9.59 Å². The van der Waals surface area contributed by atoms with Crippen molar-refractivity contribution in [1.29, 1.82) is 0 Å². The van der Waals surface area contributed by atoms with Gasteiger partial charge in [0.25, 0.3) is 0 Å². The summed E-state index contributed by atoms with van der Waals surface area (Å²) in [5.41, 5.74) is 1.28. The van der Waals surface area contributed by atoms with Gasteiger partial charge in [-0.05, 0) is 37.3 Å². The summed E-state index contributed by atoms with van der Waals surface area (Å²) in [6.07, 6.45) is 5.07. The molecule has 2 aromatic rings. The fraction of sp³-hybridized carbons (Fsp3) is 0.250. The van der Waals surface area contributed by atoms with Crippen molar-refractivity contribution in [2.75, 3.05) is 25.5 Å². The zero-order chi connectivity index (χ0) is 19.9. The van der Waals surface area contributed by atoms with Gasteiger partial charge in [0, 0.05) is 18.1 Å². The number of hydrogen-bond donors (Lipinski definition) is 0. The van der Waals surface area contributed by atoms with E-state index in [1.165, 1.54) is 22.7 Å². The maximum Gasteiger partial charge on any atom is 0.338 e. The van der Waals surface area contributed by atoms with Crippen LogP contribution in [0.2, 0.25) is 0 Å². The number of rotatable bonds is 7. The minimum Gasteiger partial charge on any atom is -0.463 e. The zero-order valence-electron chi connectivity index (χ0n) is 15.4. The van der Waals surface area contributed by atoms with Crippen LogP contribution in [0, 0.1) is 0 Å². The molecule has 0 aliphatic carbocycles. The average Bonchev–Trinajstić information content (AvgIpc) is 3.34. The van der Waals surface area contributed by atoms with E-state index in [1.54, 1.807) is 25.1 Å². The van der Waals surface area contributed by atoms with Gasteiger partial charge in [-0.3, -0.25) is 4.79 Å². The van der Waals surface area contributed by atoms with Crippen molar-refractivity contribution in [2.24, 2.45) is 0 Å². The quantitative estimate of drug-likeness (QED) is 0.525. The van der Waals surface area contributed by atoms with E-state index in [1.807, 2.05) is 35.2 Å². The van der Waals surface area contributed by atoms with Crippen molar-refractivity contribution in [3.63, 3.8) is 0 Å². The third-order valence-electron chi connectivity index (χ3n) is 3.97. The smallest absolute Gasteiger partial charge is 0.338 e. The third-order valence-corrected chi connectivity index (χ3v) is 5.00. The molecule has 0 radical (unpaired) electrons. The molecule has 1 aliphatic rings. The maximum absolute atomic E-state index is 12.3. The Labute approximate surface area is 166 Å². The highest BCUT2D eigenvalue weighted by Crippen LogP contribution is 2.28. The first kappa shape index (κ1) is 19.8. The molecule has 1 aromatic carbocycles. The van der Waals surface area contributed by atoms with Crippen molar-refractivity contribution in [3.8, 4) is 5.69 Å². The molecule has 0 bridgehead atoms. The maximum atomic E-state index is 12.3. The van der Waals surface area contributed by atoms with E-state index in [0.29, 0.717) is 10.6 Å². The zero-order valence-corrected chi connectivity index (χ0v) is 16.2. The molecule has 0 N–H and O–H groups in total. The minimum atomic E-state index is -0.497.